The number of hydrogen-bond acceptors (Lipinski definition) is 4. The summed E-state index contributed by atoms with van der Waals surface area (Å²) in [4.78, 5) is 12.5. The van der Waals surface area contributed by atoms with Gasteiger partial charge in [0.15, 0.2) is 0 Å². The molecule has 1 aliphatic heterocycles. The zero-order chi connectivity index (χ0) is 11.5. The molecule has 1 aliphatic rings. The van der Waals surface area contributed by atoms with E-state index in [1.54, 1.807) is 12.1 Å². The van der Waals surface area contributed by atoms with Crippen LogP contribution in [-0.2, 0) is 4.74 Å². The fourth-order valence-corrected chi connectivity index (χ4v) is 1.94. The van der Waals surface area contributed by atoms with Crippen LogP contribution in [0.1, 0.15) is 6.42 Å². The topological polar surface area (TPSA) is 55.6 Å². The summed E-state index contributed by atoms with van der Waals surface area (Å²) in [6, 6.07) is 7.04. The Labute approximate surface area is 93.8 Å². The Morgan fingerprint density at radius 3 is 2.88 bits per heavy atom. The summed E-state index contributed by atoms with van der Waals surface area (Å²) < 4.78 is 5.29. The maximum Gasteiger partial charge on any atom is 0.292 e. The van der Waals surface area contributed by atoms with E-state index in [1.807, 2.05) is 18.0 Å². The summed E-state index contributed by atoms with van der Waals surface area (Å²) in [7, 11) is 1.88. The quantitative estimate of drug-likeness (QED) is 0.578. The number of rotatable bonds is 3. The summed E-state index contributed by atoms with van der Waals surface area (Å²) in [5.74, 6) is 0. The van der Waals surface area contributed by atoms with Crippen molar-refractivity contribution in [1.29, 1.82) is 0 Å². The summed E-state index contributed by atoms with van der Waals surface area (Å²) in [6.07, 6.45) is 0.919. The van der Waals surface area contributed by atoms with Crippen molar-refractivity contribution in [3.05, 3.63) is 34.4 Å². The molecule has 86 valence electrons. The van der Waals surface area contributed by atoms with E-state index in [9.17, 15) is 10.1 Å². The third-order valence-electron chi connectivity index (χ3n) is 2.91. The van der Waals surface area contributed by atoms with E-state index in [2.05, 4.69) is 0 Å². The lowest BCUT2D eigenvalue weighted by molar-refractivity contribution is -0.384. The van der Waals surface area contributed by atoms with Gasteiger partial charge in [-0.25, -0.2) is 0 Å². The minimum absolute atomic E-state index is 0.150. The van der Waals surface area contributed by atoms with Gasteiger partial charge in [0.05, 0.1) is 17.6 Å². The van der Waals surface area contributed by atoms with Crippen molar-refractivity contribution in [3.8, 4) is 0 Å². The Bertz CT molecular complexity index is 389. The highest BCUT2D eigenvalue weighted by Crippen LogP contribution is 2.29. The predicted octanol–water partition coefficient (Wildman–Crippen LogP) is 1.82. The predicted molar refractivity (Wildman–Crippen MR) is 60.7 cm³/mol. The molecular weight excluding hydrogens is 208 g/mol. The number of nitro benzene ring substituents is 1. The second-order valence-electron chi connectivity index (χ2n) is 3.87. The van der Waals surface area contributed by atoms with Crippen molar-refractivity contribution in [2.24, 2.45) is 0 Å². The average molecular weight is 222 g/mol. The van der Waals surface area contributed by atoms with Crippen LogP contribution in [-0.4, -0.2) is 31.2 Å². The first-order chi connectivity index (χ1) is 7.70. The highest BCUT2D eigenvalue weighted by molar-refractivity contribution is 5.63. The van der Waals surface area contributed by atoms with Gasteiger partial charge in [-0.3, -0.25) is 10.1 Å². The lowest BCUT2D eigenvalue weighted by atomic mass is 10.2. The smallest absolute Gasteiger partial charge is 0.292 e. The van der Waals surface area contributed by atoms with Gasteiger partial charge in [0.2, 0.25) is 0 Å². The molecule has 0 N–H and O–H groups in total. The number of nitrogens with zero attached hydrogens (tertiary/aromatic N) is 2. The van der Waals surface area contributed by atoms with Crippen LogP contribution in [0.3, 0.4) is 0 Å². The Kier molecular flexibility index (Phi) is 3.05. The van der Waals surface area contributed by atoms with Crippen LogP contribution in [0.2, 0.25) is 0 Å². The number of benzene rings is 1. The maximum atomic E-state index is 10.9. The fourth-order valence-electron chi connectivity index (χ4n) is 1.94. The van der Waals surface area contributed by atoms with Crippen molar-refractivity contribution >= 4 is 11.4 Å². The molecule has 0 saturated carbocycles. The summed E-state index contributed by atoms with van der Waals surface area (Å²) >= 11 is 0. The van der Waals surface area contributed by atoms with Crippen molar-refractivity contribution < 1.29 is 9.66 Å². The Morgan fingerprint density at radius 1 is 1.50 bits per heavy atom. The van der Waals surface area contributed by atoms with Gasteiger partial charge in [0.1, 0.15) is 5.69 Å². The van der Waals surface area contributed by atoms with E-state index in [-0.39, 0.29) is 16.7 Å². The number of anilines is 1. The number of para-hydroxylation sites is 2. The summed E-state index contributed by atoms with van der Waals surface area (Å²) in [6.45, 7) is 1.37. The van der Waals surface area contributed by atoms with Gasteiger partial charge in [-0.2, -0.15) is 0 Å². The van der Waals surface area contributed by atoms with Gasteiger partial charge in [-0.15, -0.1) is 0 Å². The molecule has 2 rings (SSSR count). The summed E-state index contributed by atoms with van der Waals surface area (Å²) in [5, 5.41) is 10.9. The van der Waals surface area contributed by atoms with Crippen LogP contribution in [0.25, 0.3) is 0 Å². The largest absolute Gasteiger partial charge is 0.379 e. The van der Waals surface area contributed by atoms with E-state index < -0.39 is 0 Å². The van der Waals surface area contributed by atoms with Gasteiger partial charge < -0.3 is 9.64 Å². The minimum Gasteiger partial charge on any atom is -0.379 e. The van der Waals surface area contributed by atoms with Crippen LogP contribution in [0, 0.1) is 10.1 Å². The van der Waals surface area contributed by atoms with Crippen LogP contribution < -0.4 is 4.90 Å². The van der Waals surface area contributed by atoms with E-state index in [1.165, 1.54) is 6.07 Å². The van der Waals surface area contributed by atoms with E-state index in [0.29, 0.717) is 12.3 Å². The zero-order valence-electron chi connectivity index (χ0n) is 9.13. The highest BCUT2D eigenvalue weighted by atomic mass is 16.6. The number of likely N-dealkylation sites (N-methyl/N-ethyl adjacent to an activating group) is 1. The molecule has 0 aliphatic carbocycles. The molecule has 1 fully saturated rings. The molecule has 1 aromatic carbocycles. The van der Waals surface area contributed by atoms with Crippen molar-refractivity contribution in [2.45, 2.75) is 12.5 Å². The number of hydrogen-bond donors (Lipinski definition) is 0. The van der Waals surface area contributed by atoms with Crippen molar-refractivity contribution in [3.63, 3.8) is 0 Å². The third kappa shape index (κ3) is 1.99. The van der Waals surface area contributed by atoms with Gasteiger partial charge >= 0.3 is 0 Å². The second-order valence-corrected chi connectivity index (χ2v) is 3.87. The minimum atomic E-state index is -0.346. The standard InChI is InChI=1S/C11H14N2O3/c1-12(9-6-7-16-8-9)10-4-2-3-5-11(10)13(14)15/h2-5,9H,6-8H2,1H3. The summed E-state index contributed by atoms with van der Waals surface area (Å²) in [5.41, 5.74) is 0.805. The number of nitro groups is 1. The Hall–Kier alpha value is -1.62. The molecule has 0 bridgehead atoms. The van der Waals surface area contributed by atoms with Gasteiger partial charge in [0.25, 0.3) is 5.69 Å². The lowest BCUT2D eigenvalue weighted by Gasteiger charge is -2.24. The maximum absolute atomic E-state index is 10.9. The Balaban J connectivity index is 2.27. The van der Waals surface area contributed by atoms with Gasteiger partial charge in [-0.05, 0) is 12.5 Å². The molecule has 1 atom stereocenters. The molecule has 0 amide bonds. The molecule has 16 heavy (non-hydrogen) atoms. The molecule has 1 saturated heterocycles. The first-order valence-corrected chi connectivity index (χ1v) is 5.24. The fraction of sp³-hybridized carbons (Fsp3) is 0.455. The molecule has 5 heteroatoms. The van der Waals surface area contributed by atoms with Crippen molar-refractivity contribution in [2.75, 3.05) is 25.2 Å². The molecule has 1 heterocycles. The second kappa shape index (κ2) is 4.49. The molecule has 0 radical (unpaired) electrons. The normalized spacial score (nSPS) is 19.7. The third-order valence-corrected chi connectivity index (χ3v) is 2.91. The highest BCUT2D eigenvalue weighted by Gasteiger charge is 2.25. The Morgan fingerprint density at radius 2 is 2.25 bits per heavy atom. The van der Waals surface area contributed by atoms with Crippen molar-refractivity contribution in [1.82, 2.24) is 0 Å². The first-order valence-electron chi connectivity index (χ1n) is 5.24. The van der Waals surface area contributed by atoms with Gasteiger partial charge in [0, 0.05) is 19.7 Å². The molecule has 1 aromatic rings. The molecule has 1 unspecified atom stereocenters. The van der Waals surface area contributed by atoms with Crippen LogP contribution in [0.4, 0.5) is 11.4 Å². The zero-order valence-corrected chi connectivity index (χ0v) is 9.13. The SMILES string of the molecule is CN(c1ccccc1[N+](=O)[O-])C1CCOC1. The van der Waals surface area contributed by atoms with E-state index in [4.69, 9.17) is 4.74 Å². The van der Waals surface area contributed by atoms with Crippen LogP contribution >= 0.6 is 0 Å². The monoisotopic (exact) mass is 222 g/mol. The van der Waals surface area contributed by atoms with Crippen LogP contribution in [0.5, 0.6) is 0 Å². The average Bonchev–Trinajstić information content (AvgIpc) is 2.81. The molecule has 5 nitrogen and oxygen atoms in total. The van der Waals surface area contributed by atoms with Gasteiger partial charge in [-0.1, -0.05) is 12.1 Å². The van der Waals surface area contributed by atoms with E-state index in [0.717, 1.165) is 13.0 Å². The van der Waals surface area contributed by atoms with Crippen LogP contribution in [0.15, 0.2) is 24.3 Å². The molecule has 0 spiro atoms. The lowest BCUT2D eigenvalue weighted by Crippen LogP contribution is -2.32. The molecular formula is C11H14N2O3. The molecule has 0 aromatic heterocycles. The van der Waals surface area contributed by atoms with E-state index >= 15 is 0 Å². The number of ether oxygens (including phenoxy) is 1. The first kappa shape index (κ1) is 10.9.